The summed E-state index contributed by atoms with van der Waals surface area (Å²) in [6, 6.07) is 2.66. The third kappa shape index (κ3) is 5.11. The lowest BCUT2D eigenvalue weighted by molar-refractivity contribution is -0.00526. The highest BCUT2D eigenvalue weighted by Crippen LogP contribution is 2.49. The Morgan fingerprint density at radius 1 is 1.24 bits per heavy atom. The van der Waals surface area contributed by atoms with Crippen molar-refractivity contribution in [3.05, 3.63) is 63.1 Å². The van der Waals surface area contributed by atoms with Gasteiger partial charge in [0.15, 0.2) is 11.4 Å². The number of aromatic hydroxyl groups is 1. The Labute approximate surface area is 213 Å². The van der Waals surface area contributed by atoms with Crippen LogP contribution in [0.3, 0.4) is 0 Å². The molecule has 4 rings (SSSR count). The summed E-state index contributed by atoms with van der Waals surface area (Å²) in [5, 5.41) is 13.2. The van der Waals surface area contributed by atoms with Crippen molar-refractivity contribution >= 4 is 21.7 Å². The number of hydrogen-bond donors (Lipinski definition) is 2. The SMILES string of the molecule is CC(C)N1CC2(CC(CCS(C)(=O)=O)C2)n2cc(C(=O)NCc3ccc(F)cc3F)c(=O)c(O)c2C1=O. The predicted molar refractivity (Wildman–Crippen MR) is 131 cm³/mol. The number of benzene rings is 1. The van der Waals surface area contributed by atoms with Crippen LogP contribution in [0.25, 0.3) is 0 Å². The van der Waals surface area contributed by atoms with Gasteiger partial charge in [0.2, 0.25) is 5.43 Å². The van der Waals surface area contributed by atoms with Crippen molar-refractivity contribution in [3.63, 3.8) is 0 Å². The Morgan fingerprint density at radius 3 is 2.51 bits per heavy atom. The van der Waals surface area contributed by atoms with E-state index in [2.05, 4.69) is 5.32 Å². The number of halogens is 2. The molecule has 2 heterocycles. The van der Waals surface area contributed by atoms with E-state index >= 15 is 0 Å². The van der Waals surface area contributed by atoms with Gasteiger partial charge in [0, 0.05) is 43.2 Å². The number of rotatable bonds is 7. The van der Waals surface area contributed by atoms with Gasteiger partial charge in [-0.3, -0.25) is 14.4 Å². The molecule has 37 heavy (non-hydrogen) atoms. The zero-order valence-corrected chi connectivity index (χ0v) is 21.6. The molecule has 0 unspecified atom stereocenters. The molecule has 1 aromatic heterocycles. The molecule has 0 atom stereocenters. The van der Waals surface area contributed by atoms with Crippen molar-refractivity contribution in [1.82, 2.24) is 14.8 Å². The molecular formula is C25H29F2N3O6S. The van der Waals surface area contributed by atoms with Gasteiger partial charge in [-0.25, -0.2) is 17.2 Å². The maximum Gasteiger partial charge on any atom is 0.274 e. The van der Waals surface area contributed by atoms with Crippen LogP contribution < -0.4 is 10.7 Å². The topological polar surface area (TPSA) is 126 Å². The van der Waals surface area contributed by atoms with E-state index in [9.17, 15) is 36.7 Å². The average molecular weight is 538 g/mol. The first-order valence-corrected chi connectivity index (χ1v) is 14.0. The van der Waals surface area contributed by atoms with Gasteiger partial charge in [-0.15, -0.1) is 0 Å². The molecule has 2 amide bonds. The molecule has 2 aliphatic rings. The molecule has 1 spiro atoms. The Bertz CT molecular complexity index is 1430. The molecule has 0 radical (unpaired) electrons. The number of sulfone groups is 1. The van der Waals surface area contributed by atoms with E-state index in [4.69, 9.17) is 0 Å². The van der Waals surface area contributed by atoms with E-state index in [-0.39, 0.29) is 42.1 Å². The van der Waals surface area contributed by atoms with Gasteiger partial charge < -0.3 is 19.9 Å². The highest BCUT2D eigenvalue weighted by Gasteiger charge is 2.52. The zero-order valence-electron chi connectivity index (χ0n) is 20.8. The van der Waals surface area contributed by atoms with Crippen molar-refractivity contribution in [2.24, 2.45) is 5.92 Å². The number of pyridine rings is 1. The van der Waals surface area contributed by atoms with Crippen molar-refractivity contribution in [3.8, 4) is 5.75 Å². The lowest BCUT2D eigenvalue weighted by Gasteiger charge is -2.55. The van der Waals surface area contributed by atoms with Gasteiger partial charge in [0.25, 0.3) is 11.8 Å². The first-order chi connectivity index (χ1) is 17.2. The lowest BCUT2D eigenvalue weighted by atomic mass is 9.65. The van der Waals surface area contributed by atoms with Gasteiger partial charge in [-0.05, 0) is 45.1 Å². The number of nitrogens with one attached hydrogen (secondary N) is 1. The quantitative estimate of drug-likeness (QED) is 0.558. The van der Waals surface area contributed by atoms with Crippen LogP contribution in [0.2, 0.25) is 0 Å². The summed E-state index contributed by atoms with van der Waals surface area (Å²) >= 11 is 0. The van der Waals surface area contributed by atoms with Crippen LogP contribution in [0.1, 0.15) is 59.5 Å². The number of fused-ring (bicyclic) bond motifs is 2. The van der Waals surface area contributed by atoms with Crippen LogP contribution in [-0.4, -0.2) is 59.4 Å². The molecule has 200 valence electrons. The highest BCUT2D eigenvalue weighted by molar-refractivity contribution is 7.90. The minimum atomic E-state index is -3.15. The number of carbonyl (C=O) groups excluding carboxylic acids is 2. The predicted octanol–water partition coefficient (Wildman–Crippen LogP) is 2.17. The summed E-state index contributed by atoms with van der Waals surface area (Å²) in [6.07, 6.45) is 3.85. The monoisotopic (exact) mass is 537 g/mol. The largest absolute Gasteiger partial charge is 0.503 e. The van der Waals surface area contributed by atoms with E-state index in [0.29, 0.717) is 25.3 Å². The fourth-order valence-corrected chi connectivity index (χ4v) is 5.98. The van der Waals surface area contributed by atoms with E-state index in [0.717, 1.165) is 6.07 Å². The average Bonchev–Trinajstić information content (AvgIpc) is 2.77. The van der Waals surface area contributed by atoms with Gasteiger partial charge in [0.1, 0.15) is 27.0 Å². The number of nitrogens with zero attached hydrogens (tertiary/aromatic N) is 2. The molecule has 9 nitrogen and oxygen atoms in total. The molecule has 2 N–H and O–H groups in total. The third-order valence-electron chi connectivity index (χ3n) is 7.18. The van der Waals surface area contributed by atoms with Crippen molar-refractivity contribution < 1.29 is 31.9 Å². The van der Waals surface area contributed by atoms with Crippen LogP contribution in [0.15, 0.2) is 29.2 Å². The second-order valence-corrected chi connectivity index (χ2v) is 12.6. The normalized spacial score (nSPS) is 21.2. The summed E-state index contributed by atoms with van der Waals surface area (Å²) in [5.41, 5.74) is -2.39. The number of aromatic nitrogens is 1. The molecule has 1 fully saturated rings. The van der Waals surface area contributed by atoms with E-state index in [1.54, 1.807) is 4.90 Å². The van der Waals surface area contributed by atoms with Gasteiger partial charge in [-0.1, -0.05) is 6.07 Å². The summed E-state index contributed by atoms with van der Waals surface area (Å²) in [6.45, 7) is 3.57. The van der Waals surface area contributed by atoms with Crippen LogP contribution in [-0.2, 0) is 21.9 Å². The van der Waals surface area contributed by atoms with Crippen molar-refractivity contribution in [2.75, 3.05) is 18.6 Å². The molecule has 1 aromatic carbocycles. The maximum absolute atomic E-state index is 14.0. The molecule has 1 saturated carbocycles. The molecule has 0 saturated heterocycles. The molecule has 1 aliphatic heterocycles. The van der Waals surface area contributed by atoms with Crippen molar-refractivity contribution in [2.45, 2.75) is 51.2 Å². The first kappa shape index (κ1) is 26.8. The summed E-state index contributed by atoms with van der Waals surface area (Å²) in [7, 11) is -3.15. The lowest BCUT2D eigenvalue weighted by Crippen LogP contribution is -2.61. The standard InChI is InChI=1S/C25H29F2N3O6S/c1-14(2)29-13-25(9-15(10-25)6-7-37(3,35)36)30-12-18(21(31)22(32)20(30)24(29)34)23(33)28-11-16-4-5-17(26)8-19(16)27/h4-5,8,12,14-15,32H,6-7,9-11,13H2,1-3H3,(H,28,33). The van der Waals surface area contributed by atoms with Gasteiger partial charge in [0.05, 0.1) is 11.3 Å². The molecule has 0 bridgehead atoms. The van der Waals surface area contributed by atoms with Crippen LogP contribution >= 0.6 is 0 Å². The highest BCUT2D eigenvalue weighted by atomic mass is 32.2. The molecule has 1 aliphatic carbocycles. The maximum atomic E-state index is 14.0. The number of carbonyl (C=O) groups is 2. The van der Waals surface area contributed by atoms with E-state index in [1.165, 1.54) is 23.1 Å². The molecular weight excluding hydrogens is 508 g/mol. The van der Waals surface area contributed by atoms with Crippen LogP contribution in [0.5, 0.6) is 5.75 Å². The molecule has 2 aromatic rings. The minimum absolute atomic E-state index is 0.00367. The summed E-state index contributed by atoms with van der Waals surface area (Å²) in [5.74, 6) is -3.85. The Hall–Kier alpha value is -3.28. The van der Waals surface area contributed by atoms with E-state index < -0.39 is 55.6 Å². The van der Waals surface area contributed by atoms with Crippen molar-refractivity contribution in [1.29, 1.82) is 0 Å². The fourth-order valence-electron chi connectivity index (χ4n) is 5.22. The zero-order chi connectivity index (χ0) is 27.3. The summed E-state index contributed by atoms with van der Waals surface area (Å²) < 4.78 is 51.8. The smallest absolute Gasteiger partial charge is 0.274 e. The Kier molecular flexibility index (Phi) is 6.91. The number of amides is 2. The second-order valence-electron chi connectivity index (χ2n) is 10.3. The Morgan fingerprint density at radius 2 is 1.92 bits per heavy atom. The number of hydrogen-bond acceptors (Lipinski definition) is 6. The van der Waals surface area contributed by atoms with Crippen LogP contribution in [0.4, 0.5) is 8.78 Å². The third-order valence-corrected chi connectivity index (χ3v) is 8.16. The van der Waals surface area contributed by atoms with Gasteiger partial charge in [-0.2, -0.15) is 0 Å². The van der Waals surface area contributed by atoms with Gasteiger partial charge >= 0.3 is 0 Å². The van der Waals surface area contributed by atoms with Crippen LogP contribution in [0, 0.1) is 17.6 Å². The fraction of sp³-hybridized carbons (Fsp3) is 0.480. The summed E-state index contributed by atoms with van der Waals surface area (Å²) in [4.78, 5) is 40.6. The first-order valence-electron chi connectivity index (χ1n) is 11.9. The minimum Gasteiger partial charge on any atom is -0.503 e. The molecule has 12 heteroatoms. The van der Waals surface area contributed by atoms with E-state index in [1.807, 2.05) is 13.8 Å². The second kappa shape index (κ2) is 9.55. The Balaban J connectivity index is 1.68.